The van der Waals surface area contributed by atoms with Crippen molar-refractivity contribution in [2.75, 3.05) is 0 Å². The van der Waals surface area contributed by atoms with Crippen molar-refractivity contribution in [3.8, 4) is 0 Å². The van der Waals surface area contributed by atoms with Crippen molar-refractivity contribution < 1.29 is 9.21 Å². The van der Waals surface area contributed by atoms with Gasteiger partial charge in [-0.25, -0.2) is 4.79 Å². The number of allylic oxidation sites excluding steroid dienone is 1. The van der Waals surface area contributed by atoms with Crippen LogP contribution in [0, 0.1) is 13.8 Å². The van der Waals surface area contributed by atoms with Crippen LogP contribution >= 0.6 is 15.9 Å². The first-order valence-electron chi connectivity index (χ1n) is 7.47. The summed E-state index contributed by atoms with van der Waals surface area (Å²) < 4.78 is 6.06. The molecule has 24 heavy (non-hydrogen) atoms. The molecule has 3 rings (SSSR count). The fourth-order valence-electron chi connectivity index (χ4n) is 2.43. The van der Waals surface area contributed by atoms with Crippen LogP contribution in [0.5, 0.6) is 0 Å². The summed E-state index contributed by atoms with van der Waals surface area (Å²) in [4.78, 5) is 24.4. The molecule has 0 fully saturated rings. The zero-order valence-corrected chi connectivity index (χ0v) is 14.9. The fraction of sp³-hybridized carbons (Fsp3) is 0.100. The van der Waals surface area contributed by atoms with Gasteiger partial charge in [0.25, 0.3) is 0 Å². The van der Waals surface area contributed by atoms with Crippen LogP contribution in [0.2, 0.25) is 0 Å². The van der Waals surface area contributed by atoms with Crippen LogP contribution in [-0.2, 0) is 0 Å². The van der Waals surface area contributed by atoms with Gasteiger partial charge in [0.2, 0.25) is 0 Å². The third-order valence-corrected chi connectivity index (χ3v) is 4.38. The second kappa shape index (κ2) is 6.57. The largest absolute Gasteiger partial charge is 0.422 e. The molecular formula is C20H15BrO3. The highest BCUT2D eigenvalue weighted by Gasteiger charge is 2.08. The summed E-state index contributed by atoms with van der Waals surface area (Å²) in [6.07, 6.45) is 2.89. The predicted molar refractivity (Wildman–Crippen MR) is 99.5 cm³/mol. The van der Waals surface area contributed by atoms with E-state index >= 15 is 0 Å². The van der Waals surface area contributed by atoms with Gasteiger partial charge in [-0.1, -0.05) is 34.1 Å². The lowest BCUT2D eigenvalue weighted by atomic mass is 10.1. The fourth-order valence-corrected chi connectivity index (χ4v) is 3.11. The van der Waals surface area contributed by atoms with Gasteiger partial charge in [-0.05, 0) is 61.4 Å². The van der Waals surface area contributed by atoms with E-state index in [9.17, 15) is 9.59 Å². The number of benzene rings is 2. The minimum absolute atomic E-state index is 0.176. The lowest BCUT2D eigenvalue weighted by Gasteiger charge is -2.02. The summed E-state index contributed by atoms with van der Waals surface area (Å²) in [5, 5.41) is 0.823. The molecule has 2 aromatic carbocycles. The summed E-state index contributed by atoms with van der Waals surface area (Å²) in [5.41, 5.74) is 3.08. The minimum atomic E-state index is -0.458. The van der Waals surface area contributed by atoms with Crippen LogP contribution in [-0.4, -0.2) is 5.78 Å². The van der Waals surface area contributed by atoms with Gasteiger partial charge in [0.1, 0.15) is 5.58 Å². The predicted octanol–water partition coefficient (Wildman–Crippen LogP) is 5.07. The molecule has 0 saturated heterocycles. The van der Waals surface area contributed by atoms with Gasteiger partial charge in [0, 0.05) is 15.4 Å². The van der Waals surface area contributed by atoms with E-state index in [-0.39, 0.29) is 5.78 Å². The van der Waals surface area contributed by atoms with Crippen LogP contribution < -0.4 is 5.63 Å². The number of hydrogen-bond acceptors (Lipinski definition) is 3. The third kappa shape index (κ3) is 3.39. The van der Waals surface area contributed by atoms with E-state index in [1.807, 2.05) is 44.2 Å². The van der Waals surface area contributed by atoms with E-state index in [1.165, 1.54) is 12.2 Å². The maximum atomic E-state index is 12.3. The van der Waals surface area contributed by atoms with Crippen molar-refractivity contribution in [1.82, 2.24) is 0 Å². The molecule has 4 heteroatoms. The van der Waals surface area contributed by atoms with Crippen molar-refractivity contribution in [3.05, 3.63) is 85.7 Å². The molecule has 0 amide bonds. The zero-order chi connectivity index (χ0) is 17.3. The Bertz CT molecular complexity index is 1030. The summed E-state index contributed by atoms with van der Waals surface area (Å²) in [6, 6.07) is 12.9. The Labute approximate surface area is 147 Å². The summed E-state index contributed by atoms with van der Waals surface area (Å²) >= 11 is 3.39. The van der Waals surface area contributed by atoms with Crippen LogP contribution in [0.15, 0.2) is 62.2 Å². The quantitative estimate of drug-likeness (QED) is 0.361. The normalized spacial score (nSPS) is 11.3. The number of hydrogen-bond donors (Lipinski definition) is 0. The van der Waals surface area contributed by atoms with Crippen LogP contribution in [0.4, 0.5) is 0 Å². The molecule has 1 heterocycles. The van der Waals surface area contributed by atoms with Crippen molar-refractivity contribution in [2.45, 2.75) is 13.8 Å². The summed E-state index contributed by atoms with van der Waals surface area (Å²) in [5.74, 6) is -0.176. The number of rotatable bonds is 3. The molecule has 120 valence electrons. The first-order valence-corrected chi connectivity index (χ1v) is 8.26. The standard InChI is InChI=1S/C20H15BrO3/c1-12-4-7-16(17(21)9-12)18(22)8-6-15-11-14-5-3-13(2)10-19(14)24-20(15)23/h3-11H,1-2H3/b8-6+. The maximum absolute atomic E-state index is 12.3. The van der Waals surface area contributed by atoms with E-state index in [1.54, 1.807) is 12.1 Å². The molecule has 0 aliphatic heterocycles. The van der Waals surface area contributed by atoms with E-state index in [2.05, 4.69) is 15.9 Å². The molecule has 0 spiro atoms. The van der Waals surface area contributed by atoms with E-state index in [4.69, 9.17) is 4.42 Å². The molecule has 0 atom stereocenters. The van der Waals surface area contributed by atoms with Gasteiger partial charge in [0.15, 0.2) is 5.78 Å². The molecule has 3 nitrogen and oxygen atoms in total. The monoisotopic (exact) mass is 382 g/mol. The van der Waals surface area contributed by atoms with Crippen molar-refractivity contribution in [3.63, 3.8) is 0 Å². The minimum Gasteiger partial charge on any atom is -0.422 e. The highest BCUT2D eigenvalue weighted by atomic mass is 79.9. The molecule has 0 unspecified atom stereocenters. The molecule has 0 N–H and O–H groups in total. The molecular weight excluding hydrogens is 368 g/mol. The van der Waals surface area contributed by atoms with Gasteiger partial charge in [-0.15, -0.1) is 0 Å². The highest BCUT2D eigenvalue weighted by Crippen LogP contribution is 2.20. The second-order valence-corrected chi connectivity index (χ2v) is 6.57. The smallest absolute Gasteiger partial charge is 0.343 e. The Morgan fingerprint density at radius 3 is 2.50 bits per heavy atom. The van der Waals surface area contributed by atoms with Crippen molar-refractivity contribution in [2.24, 2.45) is 0 Å². The molecule has 0 saturated carbocycles. The van der Waals surface area contributed by atoms with Gasteiger partial charge in [0.05, 0.1) is 5.56 Å². The van der Waals surface area contributed by atoms with Crippen LogP contribution in [0.1, 0.15) is 27.0 Å². The zero-order valence-electron chi connectivity index (χ0n) is 13.3. The number of carbonyl (C=O) groups is 1. The maximum Gasteiger partial charge on any atom is 0.343 e. The lowest BCUT2D eigenvalue weighted by Crippen LogP contribution is -2.03. The van der Waals surface area contributed by atoms with Gasteiger partial charge >= 0.3 is 5.63 Å². The number of ketones is 1. The number of carbonyl (C=O) groups excluding carboxylic acids is 1. The first-order chi connectivity index (χ1) is 11.4. The van der Waals surface area contributed by atoms with Gasteiger partial charge < -0.3 is 4.42 Å². The SMILES string of the molecule is Cc1ccc(C(=O)/C=C/c2cc3ccc(C)cc3oc2=O)c(Br)c1. The topological polar surface area (TPSA) is 47.3 Å². The Morgan fingerprint density at radius 2 is 1.75 bits per heavy atom. The third-order valence-electron chi connectivity index (χ3n) is 3.72. The highest BCUT2D eigenvalue weighted by molar-refractivity contribution is 9.10. The molecule has 0 radical (unpaired) electrons. The average Bonchev–Trinajstić information content (AvgIpc) is 2.52. The molecule has 0 aliphatic carbocycles. The number of halogens is 1. The lowest BCUT2D eigenvalue weighted by molar-refractivity contribution is 0.104. The van der Waals surface area contributed by atoms with E-state index in [0.29, 0.717) is 16.7 Å². The summed E-state index contributed by atoms with van der Waals surface area (Å²) in [7, 11) is 0. The van der Waals surface area contributed by atoms with Crippen molar-refractivity contribution in [1.29, 1.82) is 0 Å². The molecule has 0 aliphatic rings. The van der Waals surface area contributed by atoms with Gasteiger partial charge in [-0.3, -0.25) is 4.79 Å². The van der Waals surface area contributed by atoms with Crippen LogP contribution in [0.3, 0.4) is 0 Å². The Morgan fingerprint density at radius 1 is 1.04 bits per heavy atom. The second-order valence-electron chi connectivity index (χ2n) is 5.71. The Hall–Kier alpha value is -2.46. The Balaban J connectivity index is 1.95. The number of aryl methyl sites for hydroxylation is 2. The Kier molecular flexibility index (Phi) is 4.49. The number of fused-ring (bicyclic) bond motifs is 1. The molecule has 0 bridgehead atoms. The average molecular weight is 383 g/mol. The molecule has 1 aromatic heterocycles. The van der Waals surface area contributed by atoms with E-state index in [0.717, 1.165) is 21.0 Å². The van der Waals surface area contributed by atoms with Gasteiger partial charge in [-0.2, -0.15) is 0 Å². The van der Waals surface area contributed by atoms with Crippen LogP contribution in [0.25, 0.3) is 17.0 Å². The first kappa shape index (κ1) is 16.4. The molecule has 3 aromatic rings. The van der Waals surface area contributed by atoms with Crippen molar-refractivity contribution >= 4 is 38.8 Å². The summed E-state index contributed by atoms with van der Waals surface area (Å²) in [6.45, 7) is 3.89. The van der Waals surface area contributed by atoms with E-state index < -0.39 is 5.63 Å².